The Bertz CT molecular complexity index is 324. The first-order chi connectivity index (χ1) is 9.27. The summed E-state index contributed by atoms with van der Waals surface area (Å²) in [5.41, 5.74) is 2.50. The maximum atomic E-state index is 5.93. The third-order valence-electron chi connectivity index (χ3n) is 2.96. The van der Waals surface area contributed by atoms with Gasteiger partial charge < -0.3 is 14.8 Å². The Morgan fingerprint density at radius 3 is 2.47 bits per heavy atom. The molecule has 1 aromatic rings. The van der Waals surface area contributed by atoms with Gasteiger partial charge in [-0.1, -0.05) is 36.8 Å². The van der Waals surface area contributed by atoms with Crippen LogP contribution in [-0.2, 0) is 9.47 Å². The van der Waals surface area contributed by atoms with E-state index in [9.17, 15) is 0 Å². The predicted molar refractivity (Wildman–Crippen MR) is 79.5 cm³/mol. The second-order valence-corrected chi connectivity index (χ2v) is 4.67. The number of hydrogen-bond donors (Lipinski definition) is 1. The van der Waals surface area contributed by atoms with Crippen LogP contribution in [-0.4, -0.2) is 32.9 Å². The number of hydrogen-bond acceptors (Lipinski definition) is 3. The summed E-state index contributed by atoms with van der Waals surface area (Å²) in [5.74, 6) is 0. The van der Waals surface area contributed by atoms with Gasteiger partial charge in [0.05, 0.1) is 19.3 Å². The second-order valence-electron chi connectivity index (χ2n) is 4.67. The minimum Gasteiger partial charge on any atom is -0.379 e. The van der Waals surface area contributed by atoms with E-state index < -0.39 is 0 Å². The molecule has 0 aliphatic rings. The molecular weight excluding hydrogens is 238 g/mol. The molecule has 0 saturated heterocycles. The molecule has 19 heavy (non-hydrogen) atoms. The van der Waals surface area contributed by atoms with Crippen molar-refractivity contribution < 1.29 is 9.47 Å². The number of benzene rings is 1. The van der Waals surface area contributed by atoms with Crippen molar-refractivity contribution in [3.63, 3.8) is 0 Å². The molecule has 0 spiro atoms. The lowest BCUT2D eigenvalue weighted by atomic mass is 10.1. The van der Waals surface area contributed by atoms with Gasteiger partial charge in [0.25, 0.3) is 0 Å². The molecule has 0 fully saturated rings. The van der Waals surface area contributed by atoms with E-state index in [4.69, 9.17) is 9.47 Å². The van der Waals surface area contributed by atoms with Gasteiger partial charge >= 0.3 is 0 Å². The molecule has 0 aromatic heterocycles. The standard InChI is InChI=1S/C16H27NO2/c1-4-10-17-13-16(19-12-11-18-5-2)15-8-6-14(3)7-9-15/h6-9,16-17H,4-5,10-13H2,1-3H3. The molecule has 108 valence electrons. The van der Waals surface area contributed by atoms with Crippen molar-refractivity contribution in [2.24, 2.45) is 0 Å². The molecule has 1 aromatic carbocycles. The van der Waals surface area contributed by atoms with Crippen LogP contribution in [0.25, 0.3) is 0 Å². The Morgan fingerprint density at radius 2 is 1.84 bits per heavy atom. The highest BCUT2D eigenvalue weighted by Crippen LogP contribution is 2.17. The van der Waals surface area contributed by atoms with Gasteiger partial charge in [-0.05, 0) is 32.4 Å². The minimum absolute atomic E-state index is 0.104. The first-order valence-electron chi connectivity index (χ1n) is 7.24. The first-order valence-corrected chi connectivity index (χ1v) is 7.24. The maximum Gasteiger partial charge on any atom is 0.0950 e. The fourth-order valence-electron chi connectivity index (χ4n) is 1.86. The monoisotopic (exact) mass is 265 g/mol. The molecule has 3 heteroatoms. The molecule has 0 aliphatic heterocycles. The smallest absolute Gasteiger partial charge is 0.0950 e. The zero-order chi connectivity index (χ0) is 13.9. The summed E-state index contributed by atoms with van der Waals surface area (Å²) in [7, 11) is 0. The van der Waals surface area contributed by atoms with Gasteiger partial charge in [0.2, 0.25) is 0 Å². The van der Waals surface area contributed by atoms with E-state index in [1.165, 1.54) is 11.1 Å². The fourth-order valence-corrected chi connectivity index (χ4v) is 1.86. The van der Waals surface area contributed by atoms with E-state index >= 15 is 0 Å². The van der Waals surface area contributed by atoms with Crippen molar-refractivity contribution in [2.45, 2.75) is 33.3 Å². The third kappa shape index (κ3) is 6.71. The SMILES string of the molecule is CCCNCC(OCCOCC)c1ccc(C)cc1. The van der Waals surface area contributed by atoms with E-state index in [2.05, 4.69) is 43.4 Å². The summed E-state index contributed by atoms with van der Waals surface area (Å²) in [6.07, 6.45) is 1.24. The lowest BCUT2D eigenvalue weighted by Gasteiger charge is -2.19. The Kier molecular flexibility index (Phi) is 8.47. The van der Waals surface area contributed by atoms with Crippen molar-refractivity contribution >= 4 is 0 Å². The molecule has 1 unspecified atom stereocenters. The number of aryl methyl sites for hydroxylation is 1. The van der Waals surface area contributed by atoms with Crippen LogP contribution in [0.3, 0.4) is 0 Å². The van der Waals surface area contributed by atoms with E-state index in [1.807, 2.05) is 6.92 Å². The molecular formula is C16H27NO2. The van der Waals surface area contributed by atoms with Crippen LogP contribution in [0.5, 0.6) is 0 Å². The minimum atomic E-state index is 0.104. The molecule has 1 rings (SSSR count). The van der Waals surface area contributed by atoms with Crippen LogP contribution >= 0.6 is 0 Å². The van der Waals surface area contributed by atoms with E-state index in [0.717, 1.165) is 26.1 Å². The highest BCUT2D eigenvalue weighted by Gasteiger charge is 2.11. The highest BCUT2D eigenvalue weighted by molar-refractivity contribution is 5.23. The topological polar surface area (TPSA) is 30.5 Å². The number of ether oxygens (including phenoxy) is 2. The largest absolute Gasteiger partial charge is 0.379 e. The summed E-state index contributed by atoms with van der Waals surface area (Å²) >= 11 is 0. The summed E-state index contributed by atoms with van der Waals surface area (Å²) in [6.45, 7) is 10.2. The van der Waals surface area contributed by atoms with Crippen LogP contribution in [0.15, 0.2) is 24.3 Å². The van der Waals surface area contributed by atoms with Gasteiger partial charge in [-0.25, -0.2) is 0 Å². The molecule has 1 N–H and O–H groups in total. The maximum absolute atomic E-state index is 5.93. The predicted octanol–water partition coefficient (Wildman–Crippen LogP) is 3.09. The van der Waals surface area contributed by atoms with Crippen LogP contribution in [0.4, 0.5) is 0 Å². The average molecular weight is 265 g/mol. The van der Waals surface area contributed by atoms with Crippen molar-refractivity contribution in [2.75, 3.05) is 32.9 Å². The molecule has 0 bridgehead atoms. The van der Waals surface area contributed by atoms with Crippen molar-refractivity contribution in [3.8, 4) is 0 Å². The van der Waals surface area contributed by atoms with Crippen LogP contribution in [0.2, 0.25) is 0 Å². The summed E-state index contributed by atoms with van der Waals surface area (Å²) in [5, 5.41) is 3.42. The summed E-state index contributed by atoms with van der Waals surface area (Å²) in [6, 6.07) is 8.56. The van der Waals surface area contributed by atoms with E-state index in [-0.39, 0.29) is 6.10 Å². The second kappa shape index (κ2) is 9.96. The lowest BCUT2D eigenvalue weighted by Crippen LogP contribution is -2.25. The Balaban J connectivity index is 2.49. The highest BCUT2D eigenvalue weighted by atomic mass is 16.5. The molecule has 0 radical (unpaired) electrons. The molecule has 0 aliphatic carbocycles. The van der Waals surface area contributed by atoms with Gasteiger partial charge in [0.15, 0.2) is 0 Å². The van der Waals surface area contributed by atoms with Gasteiger partial charge in [0.1, 0.15) is 0 Å². The normalized spacial score (nSPS) is 12.6. The fraction of sp³-hybridized carbons (Fsp3) is 0.625. The summed E-state index contributed by atoms with van der Waals surface area (Å²) in [4.78, 5) is 0. The molecule has 0 heterocycles. The van der Waals surface area contributed by atoms with E-state index in [0.29, 0.717) is 13.2 Å². The van der Waals surface area contributed by atoms with E-state index in [1.54, 1.807) is 0 Å². The van der Waals surface area contributed by atoms with Crippen LogP contribution in [0, 0.1) is 6.92 Å². The molecule has 0 amide bonds. The zero-order valence-electron chi connectivity index (χ0n) is 12.4. The Morgan fingerprint density at radius 1 is 1.11 bits per heavy atom. The third-order valence-corrected chi connectivity index (χ3v) is 2.96. The van der Waals surface area contributed by atoms with Crippen LogP contribution in [0.1, 0.15) is 37.5 Å². The van der Waals surface area contributed by atoms with Gasteiger partial charge in [-0.3, -0.25) is 0 Å². The molecule has 0 saturated carbocycles. The quantitative estimate of drug-likeness (QED) is 0.659. The first kappa shape index (κ1) is 16.2. The van der Waals surface area contributed by atoms with Gasteiger partial charge in [0, 0.05) is 13.2 Å². The van der Waals surface area contributed by atoms with Gasteiger partial charge in [-0.2, -0.15) is 0 Å². The summed E-state index contributed by atoms with van der Waals surface area (Å²) < 4.78 is 11.2. The molecule has 3 nitrogen and oxygen atoms in total. The average Bonchev–Trinajstić information content (AvgIpc) is 2.43. The lowest BCUT2D eigenvalue weighted by molar-refractivity contribution is 0.00694. The zero-order valence-corrected chi connectivity index (χ0v) is 12.4. The van der Waals surface area contributed by atoms with Crippen molar-refractivity contribution in [1.82, 2.24) is 5.32 Å². The number of nitrogens with one attached hydrogen (secondary N) is 1. The number of rotatable bonds is 10. The molecule has 1 atom stereocenters. The van der Waals surface area contributed by atoms with Gasteiger partial charge in [-0.15, -0.1) is 0 Å². The Labute approximate surface area is 117 Å². The van der Waals surface area contributed by atoms with Crippen LogP contribution < -0.4 is 5.32 Å². The van der Waals surface area contributed by atoms with Crippen molar-refractivity contribution in [3.05, 3.63) is 35.4 Å². The van der Waals surface area contributed by atoms with Crippen molar-refractivity contribution in [1.29, 1.82) is 0 Å². The Hall–Kier alpha value is -0.900.